The van der Waals surface area contributed by atoms with Crippen molar-refractivity contribution in [1.82, 2.24) is 5.32 Å². The maximum Gasteiger partial charge on any atom is 0.0334 e. The van der Waals surface area contributed by atoms with E-state index in [0.29, 0.717) is 6.04 Å². The molecule has 1 N–H and O–H groups in total. The summed E-state index contributed by atoms with van der Waals surface area (Å²) in [5.41, 5.74) is 1.53. The number of fused-ring (bicyclic) bond motifs is 2. The third kappa shape index (κ3) is 3.48. The molecule has 0 amide bonds. The topological polar surface area (TPSA) is 12.0 Å². The van der Waals surface area contributed by atoms with Gasteiger partial charge >= 0.3 is 0 Å². The van der Waals surface area contributed by atoms with Gasteiger partial charge in [-0.15, -0.1) is 11.8 Å². The molecule has 1 aromatic carbocycles. The molecule has 2 bridgehead atoms. The predicted molar refractivity (Wildman–Crippen MR) is 92.8 cm³/mol. The zero-order chi connectivity index (χ0) is 14.7. The lowest BCUT2D eigenvalue weighted by molar-refractivity contribution is 0.278. The number of rotatable bonds is 7. The highest BCUT2D eigenvalue weighted by Crippen LogP contribution is 2.51. The van der Waals surface area contributed by atoms with Crippen LogP contribution in [0.3, 0.4) is 0 Å². The van der Waals surface area contributed by atoms with Gasteiger partial charge in [0.25, 0.3) is 0 Å². The van der Waals surface area contributed by atoms with E-state index in [1.165, 1.54) is 49.0 Å². The van der Waals surface area contributed by atoms with Crippen molar-refractivity contribution in [2.24, 2.45) is 17.8 Å². The predicted octanol–water partition coefficient (Wildman–Crippen LogP) is 5.28. The fourth-order valence-electron chi connectivity index (χ4n) is 4.56. The number of hydrogen-bond donors (Lipinski definition) is 1. The summed E-state index contributed by atoms with van der Waals surface area (Å²) in [6, 6.07) is 9.55. The highest BCUT2D eigenvalue weighted by Gasteiger charge is 2.40. The maximum absolute atomic E-state index is 3.83. The minimum absolute atomic E-state index is 0.554. The molecule has 1 aromatic rings. The molecule has 0 saturated heterocycles. The van der Waals surface area contributed by atoms with E-state index in [9.17, 15) is 0 Å². The molecule has 2 heteroatoms. The van der Waals surface area contributed by atoms with Gasteiger partial charge in [-0.3, -0.25) is 0 Å². The van der Waals surface area contributed by atoms with Crippen molar-refractivity contribution >= 4 is 11.8 Å². The Morgan fingerprint density at radius 1 is 1.24 bits per heavy atom. The lowest BCUT2D eigenvalue weighted by atomic mass is 9.82. The van der Waals surface area contributed by atoms with Crippen LogP contribution in [0.2, 0.25) is 0 Å². The molecule has 116 valence electrons. The van der Waals surface area contributed by atoms with Crippen LogP contribution in [0.1, 0.15) is 57.1 Å². The lowest BCUT2D eigenvalue weighted by Gasteiger charge is -2.28. The van der Waals surface area contributed by atoms with Crippen LogP contribution in [0.15, 0.2) is 29.2 Å². The van der Waals surface area contributed by atoms with Crippen LogP contribution in [0.5, 0.6) is 0 Å². The molecule has 4 atom stereocenters. The Bertz CT molecular complexity index is 459. The van der Waals surface area contributed by atoms with Gasteiger partial charge < -0.3 is 5.32 Å². The number of benzene rings is 1. The van der Waals surface area contributed by atoms with Gasteiger partial charge in [-0.25, -0.2) is 0 Å². The Morgan fingerprint density at radius 3 is 2.76 bits per heavy atom. The highest BCUT2D eigenvalue weighted by molar-refractivity contribution is 7.98. The van der Waals surface area contributed by atoms with Crippen LogP contribution >= 0.6 is 11.8 Å². The van der Waals surface area contributed by atoms with Crippen LogP contribution in [-0.2, 0) is 0 Å². The first-order valence-corrected chi connectivity index (χ1v) is 9.90. The number of hydrogen-bond acceptors (Lipinski definition) is 2. The summed E-state index contributed by atoms with van der Waals surface area (Å²) in [6.07, 6.45) is 10.8. The zero-order valence-electron chi connectivity index (χ0n) is 13.5. The van der Waals surface area contributed by atoms with Gasteiger partial charge in [-0.1, -0.05) is 31.5 Å². The first kappa shape index (κ1) is 15.4. The molecule has 0 heterocycles. The zero-order valence-corrected chi connectivity index (χ0v) is 14.3. The van der Waals surface area contributed by atoms with E-state index in [0.717, 1.165) is 24.3 Å². The van der Waals surface area contributed by atoms with Crippen molar-refractivity contribution in [1.29, 1.82) is 0 Å². The lowest BCUT2D eigenvalue weighted by Crippen LogP contribution is -2.26. The van der Waals surface area contributed by atoms with E-state index in [4.69, 9.17) is 0 Å². The Labute approximate surface area is 134 Å². The molecule has 0 aliphatic heterocycles. The van der Waals surface area contributed by atoms with E-state index in [2.05, 4.69) is 42.8 Å². The normalized spacial score (nSPS) is 29.0. The van der Waals surface area contributed by atoms with Gasteiger partial charge in [0.2, 0.25) is 0 Å². The van der Waals surface area contributed by atoms with Crippen molar-refractivity contribution in [3.05, 3.63) is 29.8 Å². The quantitative estimate of drug-likeness (QED) is 0.688. The molecule has 2 fully saturated rings. The average Bonchev–Trinajstić information content (AvgIpc) is 3.14. The Morgan fingerprint density at radius 2 is 2.10 bits per heavy atom. The molecule has 0 radical (unpaired) electrons. The summed E-state index contributed by atoms with van der Waals surface area (Å²) in [7, 11) is 0. The summed E-state index contributed by atoms with van der Waals surface area (Å²) < 4.78 is 0. The van der Waals surface area contributed by atoms with Crippen molar-refractivity contribution in [2.45, 2.75) is 56.4 Å². The van der Waals surface area contributed by atoms with Crippen LogP contribution < -0.4 is 5.32 Å². The van der Waals surface area contributed by atoms with Gasteiger partial charge in [0.1, 0.15) is 0 Å². The Kier molecular flexibility index (Phi) is 5.29. The van der Waals surface area contributed by atoms with Crippen molar-refractivity contribution in [2.75, 3.05) is 12.8 Å². The minimum atomic E-state index is 0.554. The molecule has 21 heavy (non-hydrogen) atoms. The monoisotopic (exact) mass is 303 g/mol. The SMILES string of the molecule is CCCNC(CC1CC2CCC1C2)c1ccccc1SC. The third-order valence-corrected chi connectivity index (χ3v) is 6.39. The number of nitrogens with one attached hydrogen (secondary N) is 1. The Hall–Kier alpha value is -0.470. The van der Waals surface area contributed by atoms with Gasteiger partial charge in [0.05, 0.1) is 0 Å². The van der Waals surface area contributed by atoms with Gasteiger partial charge in [0.15, 0.2) is 0 Å². The average molecular weight is 304 g/mol. The first-order chi connectivity index (χ1) is 10.3. The van der Waals surface area contributed by atoms with Gasteiger partial charge in [-0.2, -0.15) is 0 Å². The molecular weight excluding hydrogens is 274 g/mol. The summed E-state index contributed by atoms with van der Waals surface area (Å²) in [5, 5.41) is 3.83. The van der Waals surface area contributed by atoms with Crippen LogP contribution in [0.25, 0.3) is 0 Å². The summed E-state index contributed by atoms with van der Waals surface area (Å²) in [4.78, 5) is 1.45. The van der Waals surface area contributed by atoms with Gasteiger partial charge in [-0.05, 0) is 74.3 Å². The highest BCUT2D eigenvalue weighted by atomic mass is 32.2. The second-order valence-electron chi connectivity index (χ2n) is 6.92. The van der Waals surface area contributed by atoms with E-state index < -0.39 is 0 Å². The standard InChI is InChI=1S/C19H29NS/c1-3-10-20-18(17-6-4-5-7-19(17)21-2)13-16-12-14-8-9-15(16)11-14/h4-7,14-16,18,20H,3,8-13H2,1-2H3. The molecule has 3 rings (SSSR count). The second kappa shape index (κ2) is 7.19. The summed E-state index contributed by atoms with van der Waals surface area (Å²) in [5.74, 6) is 3.05. The summed E-state index contributed by atoms with van der Waals surface area (Å²) >= 11 is 1.89. The maximum atomic E-state index is 3.83. The fourth-order valence-corrected chi connectivity index (χ4v) is 5.22. The minimum Gasteiger partial charge on any atom is -0.310 e. The van der Waals surface area contributed by atoms with E-state index in [1.807, 2.05) is 11.8 Å². The molecule has 0 spiro atoms. The Balaban J connectivity index is 1.74. The van der Waals surface area contributed by atoms with Crippen molar-refractivity contribution < 1.29 is 0 Å². The van der Waals surface area contributed by atoms with Crippen LogP contribution in [0, 0.1) is 17.8 Å². The van der Waals surface area contributed by atoms with E-state index in [-0.39, 0.29) is 0 Å². The molecule has 1 nitrogen and oxygen atoms in total. The molecule has 2 aliphatic carbocycles. The summed E-state index contributed by atoms with van der Waals surface area (Å²) in [6.45, 7) is 3.40. The molecular formula is C19H29NS. The third-order valence-electron chi connectivity index (χ3n) is 5.58. The smallest absolute Gasteiger partial charge is 0.0334 e. The van der Waals surface area contributed by atoms with Crippen LogP contribution in [0.4, 0.5) is 0 Å². The van der Waals surface area contributed by atoms with E-state index in [1.54, 1.807) is 0 Å². The molecule has 2 saturated carbocycles. The van der Waals surface area contributed by atoms with E-state index >= 15 is 0 Å². The van der Waals surface area contributed by atoms with Crippen LogP contribution in [-0.4, -0.2) is 12.8 Å². The van der Waals surface area contributed by atoms with Crippen molar-refractivity contribution in [3.63, 3.8) is 0 Å². The molecule has 0 aromatic heterocycles. The van der Waals surface area contributed by atoms with Gasteiger partial charge in [0, 0.05) is 10.9 Å². The number of thioether (sulfide) groups is 1. The second-order valence-corrected chi connectivity index (χ2v) is 7.77. The molecule has 2 aliphatic rings. The molecule has 4 unspecified atom stereocenters. The van der Waals surface area contributed by atoms with Crippen molar-refractivity contribution in [3.8, 4) is 0 Å². The first-order valence-electron chi connectivity index (χ1n) is 8.68. The fraction of sp³-hybridized carbons (Fsp3) is 0.684. The largest absolute Gasteiger partial charge is 0.310 e.